The quantitative estimate of drug-likeness (QED) is 0.756. The second-order valence-corrected chi connectivity index (χ2v) is 4.10. The third kappa shape index (κ3) is 3.62. The first-order chi connectivity index (χ1) is 7.52. The summed E-state index contributed by atoms with van der Waals surface area (Å²) in [5.74, 6) is 1.31. The Morgan fingerprint density at radius 1 is 1.06 bits per heavy atom. The third-order valence-electron chi connectivity index (χ3n) is 1.81. The fraction of sp³-hybridized carbons (Fsp3) is 0.500. The van der Waals surface area contributed by atoms with Crippen LogP contribution >= 0.6 is 0 Å². The van der Waals surface area contributed by atoms with E-state index in [1.807, 2.05) is 27.7 Å². The van der Waals surface area contributed by atoms with E-state index in [1.165, 1.54) is 0 Å². The van der Waals surface area contributed by atoms with Crippen molar-refractivity contribution >= 4 is 5.69 Å². The minimum Gasteiger partial charge on any atom is -0.491 e. The predicted octanol–water partition coefficient (Wildman–Crippen LogP) is 3.06. The van der Waals surface area contributed by atoms with Gasteiger partial charge in [0.2, 0.25) is 0 Å². The maximum atomic E-state index is 8.93. The number of nitrogens with one attached hydrogen (secondary N) is 1. The van der Waals surface area contributed by atoms with E-state index < -0.39 is 0 Å². The first kappa shape index (κ1) is 12.6. The van der Waals surface area contributed by atoms with Gasteiger partial charge < -0.3 is 9.47 Å². The van der Waals surface area contributed by atoms with Crippen LogP contribution < -0.4 is 15.0 Å². The molecule has 0 unspecified atom stereocenters. The van der Waals surface area contributed by atoms with E-state index in [0.717, 1.165) is 5.75 Å². The van der Waals surface area contributed by atoms with Crippen molar-refractivity contribution < 1.29 is 14.7 Å². The summed E-state index contributed by atoms with van der Waals surface area (Å²) in [5, 5.41) is 8.93. The molecule has 0 fully saturated rings. The normalized spacial score (nSPS) is 10.7. The van der Waals surface area contributed by atoms with Crippen LogP contribution in [0.25, 0.3) is 0 Å². The number of ether oxygens (including phenoxy) is 2. The highest BCUT2D eigenvalue weighted by molar-refractivity contribution is 5.57. The number of benzene rings is 1. The van der Waals surface area contributed by atoms with E-state index in [4.69, 9.17) is 14.7 Å². The topological polar surface area (TPSA) is 50.7 Å². The van der Waals surface area contributed by atoms with Crippen LogP contribution in [0.4, 0.5) is 5.69 Å². The summed E-state index contributed by atoms with van der Waals surface area (Å²) in [7, 11) is 0. The molecule has 0 radical (unpaired) electrons. The first-order valence-corrected chi connectivity index (χ1v) is 5.40. The van der Waals surface area contributed by atoms with Gasteiger partial charge in [-0.1, -0.05) is 0 Å². The molecule has 0 aliphatic carbocycles. The van der Waals surface area contributed by atoms with Gasteiger partial charge in [0.05, 0.1) is 12.2 Å². The van der Waals surface area contributed by atoms with Gasteiger partial charge in [0.1, 0.15) is 17.2 Å². The molecule has 0 saturated heterocycles. The molecule has 0 saturated carbocycles. The summed E-state index contributed by atoms with van der Waals surface area (Å²) in [6, 6.07) is 5.26. The monoisotopic (exact) mass is 225 g/mol. The van der Waals surface area contributed by atoms with Crippen molar-refractivity contribution in [2.45, 2.75) is 39.9 Å². The highest BCUT2D eigenvalue weighted by Gasteiger charge is 2.08. The largest absolute Gasteiger partial charge is 0.491 e. The Kier molecular flexibility index (Phi) is 4.43. The van der Waals surface area contributed by atoms with Gasteiger partial charge in [-0.05, 0) is 39.8 Å². The number of hydrogen-bond donors (Lipinski definition) is 2. The maximum absolute atomic E-state index is 8.93. The molecule has 4 heteroatoms. The van der Waals surface area contributed by atoms with Crippen molar-refractivity contribution in [1.82, 2.24) is 0 Å². The Labute approximate surface area is 96.1 Å². The number of hydrogen-bond acceptors (Lipinski definition) is 4. The molecule has 0 amide bonds. The van der Waals surface area contributed by atoms with E-state index in [-0.39, 0.29) is 12.2 Å². The Balaban J connectivity index is 2.91. The predicted molar refractivity (Wildman–Crippen MR) is 63.4 cm³/mol. The van der Waals surface area contributed by atoms with E-state index in [9.17, 15) is 0 Å². The van der Waals surface area contributed by atoms with Gasteiger partial charge in [0, 0.05) is 6.07 Å². The zero-order chi connectivity index (χ0) is 12.1. The summed E-state index contributed by atoms with van der Waals surface area (Å²) >= 11 is 0. The van der Waals surface area contributed by atoms with Crippen LogP contribution in [0.3, 0.4) is 0 Å². The van der Waals surface area contributed by atoms with Crippen molar-refractivity contribution in [3.63, 3.8) is 0 Å². The Morgan fingerprint density at radius 2 is 1.69 bits per heavy atom. The van der Waals surface area contributed by atoms with Gasteiger partial charge >= 0.3 is 0 Å². The summed E-state index contributed by atoms with van der Waals surface area (Å²) in [6.07, 6.45) is 0.154. The molecule has 0 aromatic heterocycles. The van der Waals surface area contributed by atoms with Crippen LogP contribution in [0, 0.1) is 0 Å². The van der Waals surface area contributed by atoms with Gasteiger partial charge in [0.25, 0.3) is 0 Å². The molecule has 1 rings (SSSR count). The van der Waals surface area contributed by atoms with Crippen molar-refractivity contribution in [3.8, 4) is 11.5 Å². The smallest absolute Gasteiger partial charge is 0.148 e. The van der Waals surface area contributed by atoms with Crippen molar-refractivity contribution in [3.05, 3.63) is 18.2 Å². The average Bonchev–Trinajstić information content (AvgIpc) is 2.16. The van der Waals surface area contributed by atoms with E-state index in [0.29, 0.717) is 11.4 Å². The van der Waals surface area contributed by atoms with E-state index in [2.05, 4.69) is 5.48 Å². The summed E-state index contributed by atoms with van der Waals surface area (Å²) in [5.41, 5.74) is 2.63. The SMILES string of the molecule is CC(C)Oc1ccc(NO)c(OC(C)C)c1. The molecule has 4 nitrogen and oxygen atoms in total. The van der Waals surface area contributed by atoms with Crippen LogP contribution in [0.2, 0.25) is 0 Å². The van der Waals surface area contributed by atoms with Crippen molar-refractivity contribution in [1.29, 1.82) is 0 Å². The Bertz CT molecular complexity index is 337. The molecule has 16 heavy (non-hydrogen) atoms. The zero-order valence-electron chi connectivity index (χ0n) is 10.2. The fourth-order valence-electron chi connectivity index (χ4n) is 1.29. The van der Waals surface area contributed by atoms with Crippen LogP contribution in [-0.4, -0.2) is 17.4 Å². The van der Waals surface area contributed by atoms with Crippen LogP contribution in [-0.2, 0) is 0 Å². The highest BCUT2D eigenvalue weighted by Crippen LogP contribution is 2.30. The lowest BCUT2D eigenvalue weighted by atomic mass is 10.2. The molecule has 0 bridgehead atoms. The highest BCUT2D eigenvalue weighted by atomic mass is 16.5. The number of rotatable bonds is 5. The summed E-state index contributed by atoms with van der Waals surface area (Å²) in [4.78, 5) is 0. The Hall–Kier alpha value is -1.42. The Morgan fingerprint density at radius 3 is 2.19 bits per heavy atom. The molecule has 0 spiro atoms. The van der Waals surface area contributed by atoms with Crippen LogP contribution in [0.15, 0.2) is 18.2 Å². The first-order valence-electron chi connectivity index (χ1n) is 5.40. The molecule has 1 aromatic rings. The summed E-state index contributed by atoms with van der Waals surface area (Å²) in [6.45, 7) is 7.77. The summed E-state index contributed by atoms with van der Waals surface area (Å²) < 4.78 is 11.1. The van der Waals surface area contributed by atoms with E-state index in [1.54, 1.807) is 18.2 Å². The zero-order valence-corrected chi connectivity index (χ0v) is 10.2. The molecule has 1 aromatic carbocycles. The fourth-order valence-corrected chi connectivity index (χ4v) is 1.29. The molecule has 0 atom stereocenters. The third-order valence-corrected chi connectivity index (χ3v) is 1.81. The molecular weight excluding hydrogens is 206 g/mol. The van der Waals surface area contributed by atoms with Crippen LogP contribution in [0.5, 0.6) is 11.5 Å². The van der Waals surface area contributed by atoms with Crippen LogP contribution in [0.1, 0.15) is 27.7 Å². The number of anilines is 1. The molecule has 90 valence electrons. The lowest BCUT2D eigenvalue weighted by molar-refractivity contribution is 0.228. The lowest BCUT2D eigenvalue weighted by Gasteiger charge is -2.16. The second kappa shape index (κ2) is 5.61. The standard InChI is InChI=1S/C12H19NO3/c1-8(2)15-10-5-6-11(13-14)12(7-10)16-9(3)4/h5-9,13-14H,1-4H3. The molecule has 0 aliphatic heterocycles. The molecule has 2 N–H and O–H groups in total. The molecule has 0 aliphatic rings. The average molecular weight is 225 g/mol. The lowest BCUT2D eigenvalue weighted by Crippen LogP contribution is -2.09. The van der Waals surface area contributed by atoms with Gasteiger partial charge in [0.15, 0.2) is 0 Å². The molecular formula is C12H19NO3. The van der Waals surface area contributed by atoms with Crippen molar-refractivity contribution in [2.24, 2.45) is 0 Å². The minimum atomic E-state index is 0.0430. The van der Waals surface area contributed by atoms with Gasteiger partial charge in [-0.25, -0.2) is 0 Å². The second-order valence-electron chi connectivity index (χ2n) is 4.10. The maximum Gasteiger partial charge on any atom is 0.148 e. The molecule has 0 heterocycles. The van der Waals surface area contributed by atoms with Crippen molar-refractivity contribution in [2.75, 3.05) is 5.48 Å². The van der Waals surface area contributed by atoms with E-state index >= 15 is 0 Å². The van der Waals surface area contributed by atoms with Gasteiger partial charge in [-0.15, -0.1) is 0 Å². The van der Waals surface area contributed by atoms with Gasteiger partial charge in [-0.3, -0.25) is 10.7 Å². The minimum absolute atomic E-state index is 0.0430. The van der Waals surface area contributed by atoms with Gasteiger partial charge in [-0.2, -0.15) is 0 Å².